The second kappa shape index (κ2) is 6.64. The lowest BCUT2D eigenvalue weighted by Crippen LogP contribution is -2.33. The minimum Gasteiger partial charge on any atom is -0.444 e. The van der Waals surface area contributed by atoms with Crippen LogP contribution in [-0.2, 0) is 18.2 Å². The molecule has 0 spiro atoms. The number of rotatable bonds is 4. The van der Waals surface area contributed by atoms with E-state index in [0.717, 1.165) is 23.1 Å². The van der Waals surface area contributed by atoms with Gasteiger partial charge in [-0.2, -0.15) is 5.10 Å². The molecule has 22 heavy (non-hydrogen) atoms. The van der Waals surface area contributed by atoms with Gasteiger partial charge in [-0.25, -0.2) is 4.79 Å². The molecule has 0 aliphatic heterocycles. The average Bonchev–Trinajstić information content (AvgIpc) is 2.84. The Morgan fingerprint density at radius 2 is 2.09 bits per heavy atom. The van der Waals surface area contributed by atoms with Crippen molar-refractivity contribution in [3.05, 3.63) is 42.2 Å². The highest BCUT2D eigenvalue weighted by atomic mass is 16.6. The summed E-state index contributed by atoms with van der Waals surface area (Å²) in [5.41, 5.74) is 2.91. The van der Waals surface area contributed by atoms with Gasteiger partial charge in [-0.3, -0.25) is 4.68 Å². The summed E-state index contributed by atoms with van der Waals surface area (Å²) in [7, 11) is 1.90. The first kappa shape index (κ1) is 16.1. The van der Waals surface area contributed by atoms with Crippen molar-refractivity contribution in [2.75, 3.05) is 6.54 Å². The Balaban J connectivity index is 1.90. The first-order valence-electron chi connectivity index (χ1n) is 7.38. The van der Waals surface area contributed by atoms with Crippen LogP contribution in [-0.4, -0.2) is 28.0 Å². The van der Waals surface area contributed by atoms with Gasteiger partial charge >= 0.3 is 6.09 Å². The minimum absolute atomic E-state index is 0.379. The number of aryl methyl sites for hydroxylation is 1. The zero-order valence-corrected chi connectivity index (χ0v) is 13.6. The number of amides is 1. The van der Waals surface area contributed by atoms with Crippen LogP contribution in [0.3, 0.4) is 0 Å². The third-order valence-corrected chi connectivity index (χ3v) is 3.05. The van der Waals surface area contributed by atoms with Crippen LogP contribution < -0.4 is 5.32 Å². The normalized spacial score (nSPS) is 11.3. The highest BCUT2D eigenvalue weighted by molar-refractivity contribution is 5.67. The van der Waals surface area contributed by atoms with Crippen LogP contribution >= 0.6 is 0 Å². The van der Waals surface area contributed by atoms with Crippen LogP contribution in [0.4, 0.5) is 4.79 Å². The molecule has 1 amide bonds. The van der Waals surface area contributed by atoms with E-state index >= 15 is 0 Å². The van der Waals surface area contributed by atoms with Crippen LogP contribution in [0.2, 0.25) is 0 Å². The molecule has 0 aliphatic carbocycles. The number of nitrogens with zero attached hydrogens (tertiary/aromatic N) is 2. The van der Waals surface area contributed by atoms with Crippen molar-refractivity contribution in [2.45, 2.75) is 32.8 Å². The molecule has 0 saturated carbocycles. The molecule has 0 bridgehead atoms. The van der Waals surface area contributed by atoms with Gasteiger partial charge in [-0.15, -0.1) is 0 Å². The largest absolute Gasteiger partial charge is 0.444 e. The summed E-state index contributed by atoms with van der Waals surface area (Å²) in [6.45, 7) is 6.10. The minimum atomic E-state index is -0.468. The van der Waals surface area contributed by atoms with Gasteiger partial charge in [0.2, 0.25) is 0 Å². The third kappa shape index (κ3) is 4.91. The van der Waals surface area contributed by atoms with Gasteiger partial charge < -0.3 is 10.1 Å². The molecular formula is C17H23N3O2. The molecule has 0 saturated heterocycles. The number of carbonyl (C=O) groups is 1. The molecule has 1 aromatic heterocycles. The van der Waals surface area contributed by atoms with Gasteiger partial charge in [0.25, 0.3) is 0 Å². The summed E-state index contributed by atoms with van der Waals surface area (Å²) in [6.07, 6.45) is 4.21. The van der Waals surface area contributed by atoms with Gasteiger partial charge in [0.05, 0.1) is 6.20 Å². The van der Waals surface area contributed by atoms with E-state index in [9.17, 15) is 4.79 Å². The predicted molar refractivity (Wildman–Crippen MR) is 86.6 cm³/mol. The van der Waals surface area contributed by atoms with Gasteiger partial charge in [-0.05, 0) is 38.3 Å². The molecule has 1 N–H and O–H groups in total. The van der Waals surface area contributed by atoms with Gasteiger partial charge in [0, 0.05) is 25.4 Å². The topological polar surface area (TPSA) is 56.2 Å². The Morgan fingerprint density at radius 1 is 1.32 bits per heavy atom. The first-order chi connectivity index (χ1) is 10.3. The molecular weight excluding hydrogens is 278 g/mol. The Kier molecular flexibility index (Phi) is 4.85. The van der Waals surface area contributed by atoms with Crippen LogP contribution in [0, 0.1) is 0 Å². The maximum absolute atomic E-state index is 11.6. The highest BCUT2D eigenvalue weighted by Crippen LogP contribution is 2.19. The predicted octanol–water partition coefficient (Wildman–Crippen LogP) is 3.15. The Bertz CT molecular complexity index is 641. The molecule has 5 heteroatoms. The van der Waals surface area contributed by atoms with Crippen molar-refractivity contribution in [3.8, 4) is 11.1 Å². The summed E-state index contributed by atoms with van der Waals surface area (Å²) in [5.74, 6) is 0. The summed E-state index contributed by atoms with van der Waals surface area (Å²) < 4.78 is 6.99. The zero-order valence-electron chi connectivity index (χ0n) is 13.6. The number of hydrogen-bond donors (Lipinski definition) is 1. The van der Waals surface area contributed by atoms with Crippen molar-refractivity contribution >= 4 is 6.09 Å². The molecule has 0 aliphatic rings. The molecule has 1 heterocycles. The van der Waals surface area contributed by atoms with Crippen molar-refractivity contribution in [1.29, 1.82) is 0 Å². The van der Waals surface area contributed by atoms with E-state index in [0.29, 0.717) is 6.54 Å². The van der Waals surface area contributed by atoms with E-state index in [1.807, 2.05) is 46.3 Å². The molecule has 0 atom stereocenters. The van der Waals surface area contributed by atoms with Crippen LogP contribution in [0.25, 0.3) is 11.1 Å². The molecule has 0 unspecified atom stereocenters. The second-order valence-corrected chi connectivity index (χ2v) is 6.28. The quantitative estimate of drug-likeness (QED) is 0.943. The number of aromatic nitrogens is 2. The highest BCUT2D eigenvalue weighted by Gasteiger charge is 2.15. The van der Waals surface area contributed by atoms with Crippen molar-refractivity contribution in [2.24, 2.45) is 7.05 Å². The molecule has 0 fully saturated rings. The number of benzene rings is 1. The van der Waals surface area contributed by atoms with Crippen LogP contribution in [0.1, 0.15) is 26.3 Å². The number of nitrogens with one attached hydrogen (secondary N) is 1. The van der Waals surface area contributed by atoms with E-state index in [1.165, 1.54) is 0 Å². The lowest BCUT2D eigenvalue weighted by molar-refractivity contribution is 0.0528. The molecule has 5 nitrogen and oxygen atoms in total. The third-order valence-electron chi connectivity index (χ3n) is 3.05. The average molecular weight is 301 g/mol. The summed E-state index contributed by atoms with van der Waals surface area (Å²) >= 11 is 0. The summed E-state index contributed by atoms with van der Waals surface area (Å²) in [6, 6.07) is 8.25. The molecule has 0 radical (unpaired) electrons. The number of alkyl carbamates (subject to hydrolysis) is 1. The van der Waals surface area contributed by atoms with E-state index in [1.54, 1.807) is 4.68 Å². The fourth-order valence-corrected chi connectivity index (χ4v) is 2.10. The second-order valence-electron chi connectivity index (χ2n) is 6.28. The number of ether oxygens (including phenoxy) is 1. The number of hydrogen-bond acceptors (Lipinski definition) is 3. The maximum atomic E-state index is 11.6. The smallest absolute Gasteiger partial charge is 0.407 e. The van der Waals surface area contributed by atoms with E-state index < -0.39 is 5.60 Å². The maximum Gasteiger partial charge on any atom is 0.407 e. The van der Waals surface area contributed by atoms with Crippen molar-refractivity contribution < 1.29 is 9.53 Å². The monoisotopic (exact) mass is 301 g/mol. The SMILES string of the molecule is Cn1cc(-c2cccc(CCNC(=O)OC(C)(C)C)c2)cn1. The Labute approximate surface area is 131 Å². The van der Waals surface area contributed by atoms with E-state index in [4.69, 9.17) is 4.74 Å². The van der Waals surface area contributed by atoms with Crippen molar-refractivity contribution in [3.63, 3.8) is 0 Å². The van der Waals surface area contributed by atoms with Crippen LogP contribution in [0.5, 0.6) is 0 Å². The van der Waals surface area contributed by atoms with E-state index in [-0.39, 0.29) is 6.09 Å². The number of carbonyl (C=O) groups excluding carboxylic acids is 1. The summed E-state index contributed by atoms with van der Waals surface area (Å²) in [5, 5.41) is 6.96. The fraction of sp³-hybridized carbons (Fsp3) is 0.412. The fourth-order valence-electron chi connectivity index (χ4n) is 2.10. The van der Waals surface area contributed by atoms with E-state index in [2.05, 4.69) is 28.6 Å². The van der Waals surface area contributed by atoms with Gasteiger partial charge in [0.15, 0.2) is 0 Å². The molecule has 2 aromatic rings. The lowest BCUT2D eigenvalue weighted by Gasteiger charge is -2.19. The summed E-state index contributed by atoms with van der Waals surface area (Å²) in [4.78, 5) is 11.6. The van der Waals surface area contributed by atoms with Gasteiger partial charge in [0.1, 0.15) is 5.60 Å². The molecule has 118 valence electrons. The van der Waals surface area contributed by atoms with Crippen LogP contribution in [0.15, 0.2) is 36.7 Å². The standard InChI is InChI=1S/C17H23N3O2/c1-17(2,3)22-16(21)18-9-8-13-6-5-7-14(10-13)15-11-19-20(4)12-15/h5-7,10-12H,8-9H2,1-4H3,(H,18,21). The Hall–Kier alpha value is -2.30. The molecule has 2 rings (SSSR count). The Morgan fingerprint density at radius 3 is 2.73 bits per heavy atom. The zero-order chi connectivity index (χ0) is 16.2. The lowest BCUT2D eigenvalue weighted by atomic mass is 10.0. The first-order valence-corrected chi connectivity index (χ1v) is 7.38. The van der Waals surface area contributed by atoms with Gasteiger partial charge in [-0.1, -0.05) is 24.3 Å². The van der Waals surface area contributed by atoms with Crippen molar-refractivity contribution in [1.82, 2.24) is 15.1 Å². The molecule has 1 aromatic carbocycles.